The number of para-hydroxylation sites is 1. The maximum absolute atomic E-state index is 6.71. The molecule has 2 heterocycles. The van der Waals surface area contributed by atoms with Gasteiger partial charge in [-0.2, -0.15) is 5.10 Å². The summed E-state index contributed by atoms with van der Waals surface area (Å²) in [7, 11) is 1.72. The van der Waals surface area contributed by atoms with Gasteiger partial charge in [-0.05, 0) is 55.7 Å². The van der Waals surface area contributed by atoms with E-state index in [1.54, 1.807) is 7.11 Å². The van der Waals surface area contributed by atoms with Crippen LogP contribution in [0, 0.1) is 0 Å². The van der Waals surface area contributed by atoms with Gasteiger partial charge in [0.1, 0.15) is 5.75 Å². The molecule has 2 aliphatic heterocycles. The third-order valence-electron chi connectivity index (χ3n) is 6.34. The summed E-state index contributed by atoms with van der Waals surface area (Å²) in [5.74, 6) is 2.62. The van der Waals surface area contributed by atoms with Gasteiger partial charge < -0.3 is 14.2 Å². The second-order valence-corrected chi connectivity index (χ2v) is 8.06. The van der Waals surface area contributed by atoms with E-state index in [0.29, 0.717) is 6.61 Å². The van der Waals surface area contributed by atoms with Crippen LogP contribution in [0.3, 0.4) is 0 Å². The number of methoxy groups -OCH3 is 1. The van der Waals surface area contributed by atoms with Crippen LogP contribution in [-0.4, -0.2) is 30.2 Å². The van der Waals surface area contributed by atoms with Crippen LogP contribution >= 0.6 is 0 Å². The molecule has 29 heavy (non-hydrogen) atoms. The third-order valence-corrected chi connectivity index (χ3v) is 6.34. The maximum Gasteiger partial charge on any atom is 0.198 e. The molecular weight excluding hydrogens is 364 g/mol. The van der Waals surface area contributed by atoms with Gasteiger partial charge in [-0.3, -0.25) is 0 Å². The van der Waals surface area contributed by atoms with E-state index < -0.39 is 0 Å². The number of hydrazone groups is 1. The van der Waals surface area contributed by atoms with Gasteiger partial charge in [-0.25, -0.2) is 5.01 Å². The van der Waals surface area contributed by atoms with Crippen molar-refractivity contribution in [3.63, 3.8) is 0 Å². The first-order valence-corrected chi connectivity index (χ1v) is 10.7. The van der Waals surface area contributed by atoms with Gasteiger partial charge in [0.25, 0.3) is 0 Å². The molecule has 1 aliphatic carbocycles. The zero-order chi connectivity index (χ0) is 19.8. The molecule has 2 aromatic carbocycles. The van der Waals surface area contributed by atoms with Crippen LogP contribution < -0.4 is 14.2 Å². The molecule has 1 fully saturated rings. The molecule has 5 rings (SSSR count). The number of hydrogen-bond acceptors (Lipinski definition) is 5. The van der Waals surface area contributed by atoms with Crippen LogP contribution in [0.4, 0.5) is 0 Å². The maximum atomic E-state index is 6.71. The SMILES string of the molecule is CCOc1ccc(C2=NN3[C@@H](C2)c2cccc(OC)c2OC32CCCCC2)cc1. The van der Waals surface area contributed by atoms with E-state index >= 15 is 0 Å². The predicted molar refractivity (Wildman–Crippen MR) is 113 cm³/mol. The van der Waals surface area contributed by atoms with E-state index in [1.807, 2.05) is 31.2 Å². The lowest BCUT2D eigenvalue weighted by Crippen LogP contribution is -2.54. The van der Waals surface area contributed by atoms with Crippen molar-refractivity contribution in [2.24, 2.45) is 5.10 Å². The van der Waals surface area contributed by atoms with E-state index in [4.69, 9.17) is 19.3 Å². The summed E-state index contributed by atoms with van der Waals surface area (Å²) < 4.78 is 17.9. The van der Waals surface area contributed by atoms with Crippen molar-refractivity contribution in [1.82, 2.24) is 5.01 Å². The first kappa shape index (κ1) is 18.3. The minimum atomic E-state index is -0.364. The second kappa shape index (κ2) is 7.29. The van der Waals surface area contributed by atoms with Crippen LogP contribution in [0.25, 0.3) is 0 Å². The van der Waals surface area contributed by atoms with Crippen LogP contribution in [0.1, 0.15) is 62.6 Å². The molecule has 0 N–H and O–H groups in total. The quantitative estimate of drug-likeness (QED) is 0.708. The van der Waals surface area contributed by atoms with Crippen molar-refractivity contribution in [3.8, 4) is 17.2 Å². The first-order chi connectivity index (χ1) is 14.2. The third kappa shape index (κ3) is 3.04. The fourth-order valence-electron chi connectivity index (χ4n) is 4.95. The number of ether oxygens (including phenoxy) is 3. The zero-order valence-corrected chi connectivity index (χ0v) is 17.2. The van der Waals surface area contributed by atoms with Crippen molar-refractivity contribution >= 4 is 5.71 Å². The van der Waals surface area contributed by atoms with Gasteiger partial charge in [0, 0.05) is 24.8 Å². The van der Waals surface area contributed by atoms with Crippen molar-refractivity contribution in [2.75, 3.05) is 13.7 Å². The van der Waals surface area contributed by atoms with Gasteiger partial charge in [-0.15, -0.1) is 0 Å². The number of rotatable bonds is 4. The minimum Gasteiger partial charge on any atom is -0.494 e. The van der Waals surface area contributed by atoms with Gasteiger partial charge in [-0.1, -0.05) is 18.6 Å². The lowest BCUT2D eigenvalue weighted by Gasteiger charge is -2.49. The Morgan fingerprint density at radius 3 is 2.62 bits per heavy atom. The molecule has 0 unspecified atom stereocenters. The Kier molecular flexibility index (Phi) is 4.61. The molecule has 1 saturated carbocycles. The highest BCUT2D eigenvalue weighted by Crippen LogP contribution is 2.53. The summed E-state index contributed by atoms with van der Waals surface area (Å²) in [5.41, 5.74) is 3.07. The molecule has 2 aromatic rings. The predicted octanol–water partition coefficient (Wildman–Crippen LogP) is 5.30. The molecule has 5 heteroatoms. The molecule has 0 saturated heterocycles. The summed E-state index contributed by atoms with van der Waals surface area (Å²) in [6, 6.07) is 14.7. The fourth-order valence-corrected chi connectivity index (χ4v) is 4.95. The molecule has 0 radical (unpaired) electrons. The van der Waals surface area contributed by atoms with Crippen molar-refractivity contribution in [2.45, 2.75) is 57.2 Å². The molecule has 0 aromatic heterocycles. The van der Waals surface area contributed by atoms with Crippen LogP contribution in [0.5, 0.6) is 17.2 Å². The van der Waals surface area contributed by atoms with E-state index in [9.17, 15) is 0 Å². The number of hydrogen-bond donors (Lipinski definition) is 0. The Balaban J connectivity index is 1.54. The molecule has 0 bridgehead atoms. The highest BCUT2D eigenvalue weighted by atomic mass is 16.5. The van der Waals surface area contributed by atoms with E-state index in [0.717, 1.165) is 47.8 Å². The van der Waals surface area contributed by atoms with Crippen molar-refractivity contribution in [3.05, 3.63) is 53.6 Å². The highest BCUT2D eigenvalue weighted by Gasteiger charge is 2.51. The Morgan fingerprint density at radius 2 is 1.90 bits per heavy atom. The van der Waals surface area contributed by atoms with Crippen LogP contribution in [-0.2, 0) is 0 Å². The van der Waals surface area contributed by atoms with Gasteiger partial charge in [0.15, 0.2) is 17.2 Å². The highest BCUT2D eigenvalue weighted by molar-refractivity contribution is 6.02. The smallest absolute Gasteiger partial charge is 0.198 e. The van der Waals surface area contributed by atoms with E-state index in [1.165, 1.54) is 24.8 Å². The van der Waals surface area contributed by atoms with Crippen LogP contribution in [0.15, 0.2) is 47.6 Å². The molecule has 5 nitrogen and oxygen atoms in total. The Labute approximate surface area is 172 Å². The van der Waals surface area contributed by atoms with Crippen molar-refractivity contribution in [1.29, 1.82) is 0 Å². The molecular formula is C24H28N2O3. The summed E-state index contributed by atoms with van der Waals surface area (Å²) in [5, 5.41) is 7.39. The first-order valence-electron chi connectivity index (χ1n) is 10.7. The van der Waals surface area contributed by atoms with E-state index in [2.05, 4.69) is 23.2 Å². The molecule has 0 amide bonds. The normalized spacial score (nSPS) is 21.8. The molecule has 3 aliphatic rings. The topological polar surface area (TPSA) is 43.3 Å². The minimum absolute atomic E-state index is 0.188. The lowest BCUT2D eigenvalue weighted by atomic mass is 9.86. The second-order valence-electron chi connectivity index (χ2n) is 8.06. The summed E-state index contributed by atoms with van der Waals surface area (Å²) in [4.78, 5) is 0. The van der Waals surface area contributed by atoms with Gasteiger partial charge in [0.05, 0.1) is 25.5 Å². The summed E-state index contributed by atoms with van der Waals surface area (Å²) in [6.45, 7) is 2.68. The van der Waals surface area contributed by atoms with Crippen LogP contribution in [0.2, 0.25) is 0 Å². The largest absolute Gasteiger partial charge is 0.494 e. The standard InChI is InChI=1S/C24H28N2O3/c1-3-28-18-12-10-17(11-13-18)20-16-21-19-8-7-9-22(27-2)23(19)29-24(26(21)25-20)14-5-4-6-15-24/h7-13,21H,3-6,14-16H2,1-2H3/t21-/m0/s1. The molecule has 1 spiro atoms. The molecule has 152 valence electrons. The Morgan fingerprint density at radius 1 is 1.10 bits per heavy atom. The summed E-state index contributed by atoms with van der Waals surface area (Å²) >= 11 is 0. The number of nitrogens with zero attached hydrogens (tertiary/aromatic N) is 2. The number of benzene rings is 2. The Hall–Kier alpha value is -2.69. The fraction of sp³-hybridized carbons (Fsp3) is 0.458. The Bertz CT molecular complexity index is 916. The summed E-state index contributed by atoms with van der Waals surface area (Å²) in [6.07, 6.45) is 6.47. The number of fused-ring (bicyclic) bond motifs is 4. The average Bonchev–Trinajstić information content (AvgIpc) is 3.22. The average molecular weight is 392 g/mol. The van der Waals surface area contributed by atoms with Gasteiger partial charge >= 0.3 is 0 Å². The lowest BCUT2D eigenvalue weighted by molar-refractivity contribution is -0.141. The molecule has 1 atom stereocenters. The van der Waals surface area contributed by atoms with Crippen molar-refractivity contribution < 1.29 is 14.2 Å². The van der Waals surface area contributed by atoms with E-state index in [-0.39, 0.29) is 11.8 Å². The monoisotopic (exact) mass is 392 g/mol. The zero-order valence-electron chi connectivity index (χ0n) is 17.2. The van der Waals surface area contributed by atoms with Gasteiger partial charge in [0.2, 0.25) is 0 Å².